The molecule has 106 valence electrons. The molecule has 0 unspecified atom stereocenters. The second-order valence-corrected chi connectivity index (χ2v) is 6.23. The lowest BCUT2D eigenvalue weighted by Gasteiger charge is -2.35. The molecule has 0 spiro atoms. The fraction of sp³-hybridized carbons (Fsp3) is 0.647. The predicted molar refractivity (Wildman–Crippen MR) is 78.4 cm³/mol. The molecule has 2 heteroatoms. The van der Waals surface area contributed by atoms with Crippen molar-refractivity contribution in [1.82, 2.24) is 0 Å². The van der Waals surface area contributed by atoms with Crippen LogP contribution in [0.15, 0.2) is 24.3 Å². The maximum atomic E-state index is 10.7. The Bertz CT molecular complexity index is 386. The Hall–Kier alpha value is -0.860. The first-order valence-electron chi connectivity index (χ1n) is 7.36. The van der Waals surface area contributed by atoms with Gasteiger partial charge in [-0.25, -0.2) is 0 Å². The Kier molecular flexibility index (Phi) is 4.64. The van der Waals surface area contributed by atoms with Gasteiger partial charge in [-0.3, -0.25) is 0 Å². The second kappa shape index (κ2) is 6.06. The molecular formula is C17H26O2. The van der Waals surface area contributed by atoms with Crippen molar-refractivity contribution in [2.75, 3.05) is 7.11 Å². The number of hydrogen-bond donors (Lipinski definition) is 1. The third kappa shape index (κ3) is 3.80. The van der Waals surface area contributed by atoms with E-state index in [2.05, 4.69) is 38.1 Å². The molecule has 19 heavy (non-hydrogen) atoms. The van der Waals surface area contributed by atoms with E-state index in [1.54, 1.807) is 7.11 Å². The average Bonchev–Trinajstić information content (AvgIpc) is 2.40. The van der Waals surface area contributed by atoms with E-state index in [4.69, 9.17) is 4.74 Å². The van der Waals surface area contributed by atoms with Gasteiger partial charge in [-0.1, -0.05) is 38.1 Å². The largest absolute Gasteiger partial charge is 0.390 e. The normalized spacial score (nSPS) is 27.7. The van der Waals surface area contributed by atoms with Gasteiger partial charge in [-0.15, -0.1) is 0 Å². The molecule has 0 aromatic heterocycles. The SMILES string of the molecule is COC1CCC(O)(Cc2ccc(C(C)C)cc2)CC1. The van der Waals surface area contributed by atoms with Gasteiger partial charge in [-0.2, -0.15) is 0 Å². The molecule has 0 aliphatic heterocycles. The Labute approximate surface area is 116 Å². The monoisotopic (exact) mass is 262 g/mol. The van der Waals surface area contributed by atoms with Crippen molar-refractivity contribution in [2.24, 2.45) is 0 Å². The third-order valence-electron chi connectivity index (χ3n) is 4.38. The van der Waals surface area contributed by atoms with Gasteiger partial charge in [-0.05, 0) is 42.7 Å². The van der Waals surface area contributed by atoms with Crippen LogP contribution >= 0.6 is 0 Å². The van der Waals surface area contributed by atoms with Crippen LogP contribution in [-0.4, -0.2) is 23.9 Å². The molecule has 0 bridgehead atoms. The smallest absolute Gasteiger partial charge is 0.0689 e. The van der Waals surface area contributed by atoms with Crippen molar-refractivity contribution in [2.45, 2.75) is 63.6 Å². The average molecular weight is 262 g/mol. The van der Waals surface area contributed by atoms with Crippen LogP contribution < -0.4 is 0 Å². The van der Waals surface area contributed by atoms with Crippen molar-refractivity contribution in [1.29, 1.82) is 0 Å². The number of rotatable bonds is 4. The molecule has 1 fully saturated rings. The molecule has 1 aliphatic rings. The van der Waals surface area contributed by atoms with Crippen molar-refractivity contribution in [3.05, 3.63) is 35.4 Å². The molecular weight excluding hydrogens is 236 g/mol. The van der Waals surface area contributed by atoms with Crippen LogP contribution in [0.2, 0.25) is 0 Å². The van der Waals surface area contributed by atoms with Crippen LogP contribution in [0.5, 0.6) is 0 Å². The summed E-state index contributed by atoms with van der Waals surface area (Å²) in [6.45, 7) is 4.41. The zero-order valence-corrected chi connectivity index (χ0v) is 12.4. The van der Waals surface area contributed by atoms with E-state index in [9.17, 15) is 5.11 Å². The van der Waals surface area contributed by atoms with Gasteiger partial charge in [0.25, 0.3) is 0 Å². The maximum Gasteiger partial charge on any atom is 0.0689 e. The zero-order valence-electron chi connectivity index (χ0n) is 12.4. The minimum atomic E-state index is -0.533. The summed E-state index contributed by atoms with van der Waals surface area (Å²) >= 11 is 0. The highest BCUT2D eigenvalue weighted by Gasteiger charge is 2.33. The first-order valence-corrected chi connectivity index (χ1v) is 7.36. The molecule has 2 rings (SSSR count). The van der Waals surface area contributed by atoms with E-state index >= 15 is 0 Å². The van der Waals surface area contributed by atoms with Gasteiger partial charge in [0.2, 0.25) is 0 Å². The molecule has 2 nitrogen and oxygen atoms in total. The highest BCUT2D eigenvalue weighted by atomic mass is 16.5. The van der Waals surface area contributed by atoms with Crippen LogP contribution in [0.25, 0.3) is 0 Å². The van der Waals surface area contributed by atoms with Crippen LogP contribution in [0.1, 0.15) is 56.6 Å². The Morgan fingerprint density at radius 1 is 1.21 bits per heavy atom. The number of aliphatic hydroxyl groups is 1. The van der Waals surface area contributed by atoms with Crippen LogP contribution in [0.3, 0.4) is 0 Å². The number of benzene rings is 1. The van der Waals surface area contributed by atoms with Crippen molar-refractivity contribution in [3.63, 3.8) is 0 Å². The van der Waals surface area contributed by atoms with Crippen LogP contribution in [0, 0.1) is 0 Å². The molecule has 0 radical (unpaired) electrons. The van der Waals surface area contributed by atoms with E-state index in [-0.39, 0.29) is 0 Å². The summed E-state index contributed by atoms with van der Waals surface area (Å²) in [5.74, 6) is 0.564. The molecule has 1 aromatic rings. The van der Waals surface area contributed by atoms with Crippen LogP contribution in [-0.2, 0) is 11.2 Å². The minimum Gasteiger partial charge on any atom is -0.390 e. The summed E-state index contributed by atoms with van der Waals surface area (Å²) in [7, 11) is 1.76. The summed E-state index contributed by atoms with van der Waals surface area (Å²) in [4.78, 5) is 0. The molecule has 1 saturated carbocycles. The molecule has 1 N–H and O–H groups in total. The summed E-state index contributed by atoms with van der Waals surface area (Å²) in [5, 5.41) is 10.7. The topological polar surface area (TPSA) is 29.5 Å². The highest BCUT2D eigenvalue weighted by Crippen LogP contribution is 2.32. The minimum absolute atomic E-state index is 0.337. The summed E-state index contributed by atoms with van der Waals surface area (Å²) in [6.07, 6.45) is 4.73. The van der Waals surface area contributed by atoms with E-state index in [1.165, 1.54) is 11.1 Å². The number of ether oxygens (including phenoxy) is 1. The molecule has 0 heterocycles. The molecule has 1 aromatic carbocycles. The van der Waals surface area contributed by atoms with Crippen LogP contribution in [0.4, 0.5) is 0 Å². The maximum absolute atomic E-state index is 10.7. The van der Waals surface area contributed by atoms with Gasteiger partial charge in [0.05, 0.1) is 11.7 Å². The van der Waals surface area contributed by atoms with E-state index < -0.39 is 5.60 Å². The van der Waals surface area contributed by atoms with E-state index in [1.807, 2.05) is 0 Å². The summed E-state index contributed by atoms with van der Waals surface area (Å²) in [5.41, 5.74) is 2.07. The number of hydrogen-bond acceptors (Lipinski definition) is 2. The zero-order chi connectivity index (χ0) is 13.9. The quantitative estimate of drug-likeness (QED) is 0.897. The fourth-order valence-electron chi connectivity index (χ4n) is 2.94. The van der Waals surface area contributed by atoms with Gasteiger partial charge >= 0.3 is 0 Å². The van der Waals surface area contributed by atoms with E-state index in [0.717, 1.165) is 32.1 Å². The van der Waals surface area contributed by atoms with Gasteiger partial charge in [0, 0.05) is 13.5 Å². The van der Waals surface area contributed by atoms with E-state index in [0.29, 0.717) is 12.0 Å². The summed E-state index contributed by atoms with van der Waals surface area (Å²) < 4.78 is 5.37. The lowest BCUT2D eigenvalue weighted by molar-refractivity contribution is -0.0427. The van der Waals surface area contributed by atoms with Gasteiger partial charge in [0.15, 0.2) is 0 Å². The Morgan fingerprint density at radius 3 is 2.26 bits per heavy atom. The summed E-state index contributed by atoms with van der Waals surface area (Å²) in [6, 6.07) is 8.69. The fourth-order valence-corrected chi connectivity index (χ4v) is 2.94. The first-order chi connectivity index (χ1) is 9.02. The molecule has 1 aliphatic carbocycles. The number of methoxy groups -OCH3 is 1. The lowest BCUT2D eigenvalue weighted by atomic mass is 9.79. The van der Waals surface area contributed by atoms with Crippen molar-refractivity contribution in [3.8, 4) is 0 Å². The Morgan fingerprint density at radius 2 is 1.79 bits per heavy atom. The first kappa shape index (κ1) is 14.5. The highest BCUT2D eigenvalue weighted by molar-refractivity contribution is 5.25. The van der Waals surface area contributed by atoms with Crippen molar-refractivity contribution < 1.29 is 9.84 Å². The van der Waals surface area contributed by atoms with Crippen molar-refractivity contribution >= 4 is 0 Å². The molecule has 0 atom stereocenters. The van der Waals surface area contributed by atoms with Gasteiger partial charge < -0.3 is 9.84 Å². The standard InChI is InChI=1S/C17H26O2/c1-13(2)15-6-4-14(5-7-15)12-17(18)10-8-16(19-3)9-11-17/h4-7,13,16,18H,8-12H2,1-3H3. The Balaban J connectivity index is 1.97. The molecule has 0 amide bonds. The predicted octanol–water partition coefficient (Wildman–Crippen LogP) is 3.67. The second-order valence-electron chi connectivity index (χ2n) is 6.23. The van der Waals surface area contributed by atoms with Gasteiger partial charge in [0.1, 0.15) is 0 Å². The molecule has 0 saturated heterocycles. The lowest BCUT2D eigenvalue weighted by Crippen LogP contribution is -2.38. The third-order valence-corrected chi connectivity index (χ3v) is 4.38.